The molecular weight excluding hydrogens is 342 g/mol. The van der Waals surface area contributed by atoms with E-state index in [0.29, 0.717) is 5.75 Å². The number of nitrogens with zero attached hydrogens (tertiary/aromatic N) is 1. The molecule has 2 atom stereocenters. The fourth-order valence-corrected chi connectivity index (χ4v) is 3.54. The van der Waals surface area contributed by atoms with Gasteiger partial charge in [-0.2, -0.15) is 0 Å². The van der Waals surface area contributed by atoms with Crippen molar-refractivity contribution in [2.45, 2.75) is 46.3 Å². The van der Waals surface area contributed by atoms with Crippen LogP contribution in [0.25, 0.3) is 0 Å². The van der Waals surface area contributed by atoms with E-state index in [1.807, 2.05) is 63.2 Å². The van der Waals surface area contributed by atoms with Crippen molar-refractivity contribution < 1.29 is 19.1 Å². The molecule has 0 spiro atoms. The van der Waals surface area contributed by atoms with Crippen molar-refractivity contribution in [3.8, 4) is 5.75 Å². The Kier molecular flexibility index (Phi) is 5.49. The molecule has 1 aliphatic heterocycles. The minimum Gasteiger partial charge on any atom is -0.482 e. The molecule has 2 aromatic carbocycles. The first-order chi connectivity index (χ1) is 12.8. The van der Waals surface area contributed by atoms with E-state index in [-0.39, 0.29) is 18.6 Å². The molecular formula is C22H25NO4. The van der Waals surface area contributed by atoms with E-state index in [1.165, 1.54) is 0 Å². The smallest absolute Gasteiger partial charge is 0.344 e. The lowest BCUT2D eigenvalue weighted by atomic mass is 10.1. The molecule has 3 rings (SSSR count). The number of fused-ring (bicyclic) bond motifs is 1. The van der Waals surface area contributed by atoms with E-state index in [2.05, 4.69) is 0 Å². The number of benzene rings is 2. The zero-order valence-corrected chi connectivity index (χ0v) is 16.2. The summed E-state index contributed by atoms with van der Waals surface area (Å²) in [5.74, 6) is -0.159. The fraction of sp³-hybridized carbons (Fsp3) is 0.364. The molecule has 0 aliphatic carbocycles. The molecule has 2 aromatic rings. The van der Waals surface area contributed by atoms with E-state index >= 15 is 0 Å². The van der Waals surface area contributed by atoms with Crippen molar-refractivity contribution >= 4 is 17.6 Å². The van der Waals surface area contributed by atoms with Gasteiger partial charge in [-0.15, -0.1) is 0 Å². The molecule has 0 fully saturated rings. The molecule has 0 unspecified atom stereocenters. The van der Waals surface area contributed by atoms with Crippen LogP contribution in [-0.4, -0.2) is 30.6 Å². The topological polar surface area (TPSA) is 55.8 Å². The van der Waals surface area contributed by atoms with Gasteiger partial charge in [0, 0.05) is 11.7 Å². The number of ether oxygens (including phenoxy) is 2. The Morgan fingerprint density at radius 3 is 2.52 bits per heavy atom. The number of carbonyl (C=O) groups excluding carboxylic acids is 2. The predicted octanol–water partition coefficient (Wildman–Crippen LogP) is 3.59. The van der Waals surface area contributed by atoms with Crippen LogP contribution >= 0.6 is 0 Å². The van der Waals surface area contributed by atoms with Crippen LogP contribution in [0, 0.1) is 13.8 Å². The predicted molar refractivity (Wildman–Crippen MR) is 104 cm³/mol. The molecule has 0 N–H and O–H groups in total. The van der Waals surface area contributed by atoms with Crippen molar-refractivity contribution in [1.29, 1.82) is 0 Å². The van der Waals surface area contributed by atoms with Crippen LogP contribution in [0.1, 0.15) is 30.5 Å². The Hall–Kier alpha value is -2.82. The number of hydrogen-bond acceptors (Lipinski definition) is 4. The number of aryl methyl sites for hydroxylation is 2. The van der Waals surface area contributed by atoms with Crippen LogP contribution in [0.15, 0.2) is 42.5 Å². The fourth-order valence-electron chi connectivity index (χ4n) is 3.54. The molecule has 1 heterocycles. The zero-order chi connectivity index (χ0) is 19.6. The summed E-state index contributed by atoms with van der Waals surface area (Å²) in [4.78, 5) is 26.7. The highest BCUT2D eigenvalue weighted by Gasteiger charge is 2.34. The van der Waals surface area contributed by atoms with Gasteiger partial charge in [0.25, 0.3) is 5.91 Å². The van der Waals surface area contributed by atoms with Gasteiger partial charge in [-0.3, -0.25) is 4.79 Å². The minimum absolute atomic E-state index is 0.0440. The molecule has 5 heteroatoms. The molecule has 0 saturated carbocycles. The molecule has 1 aliphatic rings. The summed E-state index contributed by atoms with van der Waals surface area (Å²) in [7, 11) is 0. The molecule has 0 aromatic heterocycles. The lowest BCUT2D eigenvalue weighted by Crippen LogP contribution is -2.43. The summed E-state index contributed by atoms with van der Waals surface area (Å²) < 4.78 is 10.8. The van der Waals surface area contributed by atoms with Crippen molar-refractivity contribution in [1.82, 2.24) is 0 Å². The number of esters is 1. The molecule has 0 saturated heterocycles. The highest BCUT2D eigenvalue weighted by atomic mass is 16.6. The third-order valence-corrected chi connectivity index (χ3v) is 4.65. The second-order valence-corrected chi connectivity index (χ2v) is 7.13. The average molecular weight is 367 g/mol. The molecule has 0 bridgehead atoms. The summed E-state index contributed by atoms with van der Waals surface area (Å²) in [6.45, 7) is 7.30. The van der Waals surface area contributed by atoms with E-state index in [0.717, 1.165) is 28.8 Å². The minimum atomic E-state index is -0.867. The number of para-hydroxylation sites is 1. The Bertz CT molecular complexity index is 841. The summed E-state index contributed by atoms with van der Waals surface area (Å²) in [5, 5.41) is 0. The van der Waals surface area contributed by atoms with Crippen LogP contribution in [0.5, 0.6) is 5.75 Å². The summed E-state index contributed by atoms with van der Waals surface area (Å²) in [6.07, 6.45) is -0.0627. The van der Waals surface area contributed by atoms with Crippen LogP contribution in [-0.2, 0) is 20.7 Å². The molecule has 5 nitrogen and oxygen atoms in total. The zero-order valence-electron chi connectivity index (χ0n) is 16.2. The molecule has 27 heavy (non-hydrogen) atoms. The Balaban J connectivity index is 1.59. The number of anilines is 1. The third-order valence-electron chi connectivity index (χ3n) is 4.65. The van der Waals surface area contributed by atoms with E-state index in [1.54, 1.807) is 11.8 Å². The van der Waals surface area contributed by atoms with Crippen molar-refractivity contribution in [2.24, 2.45) is 0 Å². The standard InChI is InChI=1S/C22H25NO4/c1-14-9-15(2)11-19(10-14)26-13-21(24)27-17(4)22(25)23-16(3)12-18-7-5-6-8-20(18)23/h5-11,16-17H,12-13H2,1-4H3/t16-,17+/m0/s1. The second-order valence-electron chi connectivity index (χ2n) is 7.13. The van der Waals surface area contributed by atoms with Gasteiger partial charge in [0.1, 0.15) is 5.75 Å². The molecule has 0 radical (unpaired) electrons. The Morgan fingerprint density at radius 2 is 1.81 bits per heavy atom. The maximum absolute atomic E-state index is 12.8. The second kappa shape index (κ2) is 7.82. The average Bonchev–Trinajstić information content (AvgIpc) is 2.94. The molecule has 142 valence electrons. The largest absolute Gasteiger partial charge is 0.482 e. The first-order valence-electron chi connectivity index (χ1n) is 9.16. The quantitative estimate of drug-likeness (QED) is 0.758. The monoisotopic (exact) mass is 367 g/mol. The van der Waals surface area contributed by atoms with Gasteiger partial charge in [-0.1, -0.05) is 24.3 Å². The maximum atomic E-state index is 12.8. The SMILES string of the molecule is Cc1cc(C)cc(OCC(=O)O[C@H](C)C(=O)N2c3ccccc3C[C@@H]2C)c1. The molecule has 1 amide bonds. The van der Waals surface area contributed by atoms with Crippen LogP contribution in [0.4, 0.5) is 5.69 Å². The van der Waals surface area contributed by atoms with Gasteiger partial charge >= 0.3 is 5.97 Å². The summed E-state index contributed by atoms with van der Waals surface area (Å²) in [6, 6.07) is 13.6. The van der Waals surface area contributed by atoms with Crippen molar-refractivity contribution in [2.75, 3.05) is 11.5 Å². The Morgan fingerprint density at radius 1 is 1.15 bits per heavy atom. The van der Waals surface area contributed by atoms with Crippen LogP contribution in [0.2, 0.25) is 0 Å². The van der Waals surface area contributed by atoms with Gasteiger partial charge in [0.2, 0.25) is 0 Å². The van der Waals surface area contributed by atoms with Gasteiger partial charge in [-0.05, 0) is 69.0 Å². The first kappa shape index (κ1) is 19.0. The van der Waals surface area contributed by atoms with Crippen molar-refractivity contribution in [3.63, 3.8) is 0 Å². The van der Waals surface area contributed by atoms with Gasteiger partial charge in [0.15, 0.2) is 12.7 Å². The highest BCUT2D eigenvalue weighted by molar-refractivity contribution is 5.99. The van der Waals surface area contributed by atoms with E-state index in [4.69, 9.17) is 9.47 Å². The van der Waals surface area contributed by atoms with Gasteiger partial charge in [0.05, 0.1) is 0 Å². The maximum Gasteiger partial charge on any atom is 0.344 e. The highest BCUT2D eigenvalue weighted by Crippen LogP contribution is 2.32. The van der Waals surface area contributed by atoms with Crippen LogP contribution in [0.3, 0.4) is 0 Å². The normalized spacial score (nSPS) is 16.6. The number of hydrogen-bond donors (Lipinski definition) is 0. The van der Waals surface area contributed by atoms with Crippen LogP contribution < -0.4 is 9.64 Å². The number of carbonyl (C=O) groups is 2. The lowest BCUT2D eigenvalue weighted by molar-refractivity contribution is -0.155. The number of rotatable bonds is 5. The lowest BCUT2D eigenvalue weighted by Gasteiger charge is -2.25. The van der Waals surface area contributed by atoms with E-state index < -0.39 is 12.1 Å². The Labute approximate surface area is 159 Å². The van der Waals surface area contributed by atoms with Gasteiger partial charge < -0.3 is 14.4 Å². The van der Waals surface area contributed by atoms with Gasteiger partial charge in [-0.25, -0.2) is 4.79 Å². The third kappa shape index (κ3) is 4.30. The number of amides is 1. The van der Waals surface area contributed by atoms with Crippen molar-refractivity contribution in [3.05, 3.63) is 59.2 Å². The summed E-state index contributed by atoms with van der Waals surface area (Å²) in [5.41, 5.74) is 4.15. The summed E-state index contributed by atoms with van der Waals surface area (Å²) >= 11 is 0. The van der Waals surface area contributed by atoms with E-state index in [9.17, 15) is 9.59 Å². The first-order valence-corrected chi connectivity index (χ1v) is 9.16.